The van der Waals surface area contributed by atoms with Crippen molar-refractivity contribution in [2.75, 3.05) is 12.0 Å². The van der Waals surface area contributed by atoms with Crippen molar-refractivity contribution in [1.82, 2.24) is 10.2 Å². The van der Waals surface area contributed by atoms with Gasteiger partial charge in [0.1, 0.15) is 5.41 Å². The molecule has 1 aliphatic heterocycles. The van der Waals surface area contributed by atoms with Crippen LogP contribution >= 0.6 is 11.8 Å². The molecule has 1 saturated heterocycles. The Kier molecular flexibility index (Phi) is 4.18. The van der Waals surface area contributed by atoms with E-state index < -0.39 is 17.4 Å². The van der Waals surface area contributed by atoms with Crippen LogP contribution in [0.1, 0.15) is 39.0 Å². The van der Waals surface area contributed by atoms with Gasteiger partial charge in [-0.2, -0.15) is 11.8 Å². The average molecular weight is 284 g/mol. The molecule has 0 aromatic rings. The SMILES string of the molecule is CSCCC(C)N1C(=O)NC(=O)C2(CCCC2)C1=O. The van der Waals surface area contributed by atoms with E-state index in [1.165, 1.54) is 4.90 Å². The third kappa shape index (κ3) is 2.38. The van der Waals surface area contributed by atoms with Crippen LogP contribution in [0.15, 0.2) is 0 Å². The van der Waals surface area contributed by atoms with Gasteiger partial charge in [0.15, 0.2) is 0 Å². The summed E-state index contributed by atoms with van der Waals surface area (Å²) >= 11 is 1.68. The Morgan fingerprint density at radius 1 is 1.32 bits per heavy atom. The number of carbonyl (C=O) groups excluding carboxylic acids is 3. The van der Waals surface area contributed by atoms with Crippen molar-refractivity contribution < 1.29 is 14.4 Å². The highest BCUT2D eigenvalue weighted by Crippen LogP contribution is 2.42. The van der Waals surface area contributed by atoms with Crippen LogP contribution in [0.4, 0.5) is 4.79 Å². The molecule has 6 heteroatoms. The summed E-state index contributed by atoms with van der Waals surface area (Å²) < 4.78 is 0. The second kappa shape index (κ2) is 5.53. The molecule has 0 radical (unpaired) electrons. The lowest BCUT2D eigenvalue weighted by Gasteiger charge is -2.39. The Morgan fingerprint density at radius 3 is 2.53 bits per heavy atom. The van der Waals surface area contributed by atoms with E-state index in [0.29, 0.717) is 12.8 Å². The maximum absolute atomic E-state index is 12.6. The summed E-state index contributed by atoms with van der Waals surface area (Å²) in [5.41, 5.74) is -0.971. The number of urea groups is 1. The van der Waals surface area contributed by atoms with Crippen LogP contribution in [0, 0.1) is 5.41 Å². The zero-order chi connectivity index (χ0) is 14.0. The first kappa shape index (κ1) is 14.4. The number of hydrogen-bond donors (Lipinski definition) is 1. The second-order valence-corrected chi connectivity index (χ2v) is 6.34. The van der Waals surface area contributed by atoms with E-state index in [1.54, 1.807) is 11.8 Å². The Morgan fingerprint density at radius 2 is 1.95 bits per heavy atom. The topological polar surface area (TPSA) is 66.5 Å². The fourth-order valence-electron chi connectivity index (χ4n) is 2.93. The monoisotopic (exact) mass is 284 g/mol. The molecule has 2 fully saturated rings. The summed E-state index contributed by atoms with van der Waals surface area (Å²) in [4.78, 5) is 37.8. The van der Waals surface area contributed by atoms with Gasteiger partial charge in [-0.05, 0) is 38.2 Å². The van der Waals surface area contributed by atoms with E-state index in [9.17, 15) is 14.4 Å². The van der Waals surface area contributed by atoms with Crippen LogP contribution in [-0.2, 0) is 9.59 Å². The predicted octanol–water partition coefficient (Wildman–Crippen LogP) is 1.77. The number of imide groups is 2. The maximum Gasteiger partial charge on any atom is 0.331 e. The Balaban J connectivity index is 2.21. The van der Waals surface area contributed by atoms with Crippen molar-refractivity contribution in [3.05, 3.63) is 0 Å². The van der Waals surface area contributed by atoms with E-state index in [1.807, 2.05) is 13.2 Å². The quantitative estimate of drug-likeness (QED) is 0.799. The number of amides is 4. The van der Waals surface area contributed by atoms with E-state index in [-0.39, 0.29) is 11.9 Å². The van der Waals surface area contributed by atoms with Crippen LogP contribution in [0.2, 0.25) is 0 Å². The third-order valence-corrected chi connectivity index (χ3v) is 4.78. The molecule has 1 N–H and O–H groups in total. The molecular weight excluding hydrogens is 264 g/mol. The van der Waals surface area contributed by atoms with Gasteiger partial charge < -0.3 is 0 Å². The summed E-state index contributed by atoms with van der Waals surface area (Å²) in [6.07, 6.45) is 5.63. The van der Waals surface area contributed by atoms with Gasteiger partial charge in [0, 0.05) is 6.04 Å². The number of nitrogens with zero attached hydrogens (tertiary/aromatic N) is 1. The first-order valence-corrected chi connectivity index (χ1v) is 8.10. The molecule has 0 bridgehead atoms. The van der Waals surface area contributed by atoms with E-state index >= 15 is 0 Å². The molecule has 1 heterocycles. The first-order valence-electron chi connectivity index (χ1n) is 6.71. The van der Waals surface area contributed by atoms with Crippen molar-refractivity contribution in [2.45, 2.75) is 45.1 Å². The second-order valence-electron chi connectivity index (χ2n) is 5.35. The van der Waals surface area contributed by atoms with Gasteiger partial charge in [0.05, 0.1) is 0 Å². The van der Waals surface area contributed by atoms with Crippen molar-refractivity contribution >= 4 is 29.6 Å². The Labute approximate surface area is 117 Å². The summed E-state index contributed by atoms with van der Waals surface area (Å²) in [6.45, 7) is 1.87. The van der Waals surface area contributed by atoms with E-state index in [2.05, 4.69) is 5.32 Å². The highest BCUT2D eigenvalue weighted by atomic mass is 32.2. The summed E-state index contributed by atoms with van der Waals surface area (Å²) in [7, 11) is 0. The van der Waals surface area contributed by atoms with Crippen molar-refractivity contribution in [2.24, 2.45) is 5.41 Å². The maximum atomic E-state index is 12.6. The Bertz CT molecular complexity index is 405. The predicted molar refractivity (Wildman–Crippen MR) is 73.7 cm³/mol. The largest absolute Gasteiger partial charge is 0.331 e. The number of rotatable bonds is 4. The normalized spacial score (nSPS) is 23.9. The number of thioether (sulfide) groups is 1. The van der Waals surface area contributed by atoms with Crippen LogP contribution in [0.5, 0.6) is 0 Å². The highest BCUT2D eigenvalue weighted by molar-refractivity contribution is 7.98. The van der Waals surface area contributed by atoms with Crippen LogP contribution < -0.4 is 5.32 Å². The van der Waals surface area contributed by atoms with Gasteiger partial charge >= 0.3 is 6.03 Å². The number of nitrogens with one attached hydrogen (secondary N) is 1. The number of hydrogen-bond acceptors (Lipinski definition) is 4. The van der Waals surface area contributed by atoms with Crippen molar-refractivity contribution in [1.29, 1.82) is 0 Å². The molecule has 4 amide bonds. The molecule has 1 unspecified atom stereocenters. The van der Waals surface area contributed by atoms with E-state index in [0.717, 1.165) is 25.0 Å². The van der Waals surface area contributed by atoms with E-state index in [4.69, 9.17) is 0 Å². The summed E-state index contributed by atoms with van der Waals surface area (Å²) in [6, 6.07) is -0.716. The highest BCUT2D eigenvalue weighted by Gasteiger charge is 2.55. The van der Waals surface area contributed by atoms with Gasteiger partial charge in [-0.25, -0.2) is 4.79 Å². The summed E-state index contributed by atoms with van der Waals surface area (Å²) in [5, 5.41) is 2.37. The molecule has 1 saturated carbocycles. The zero-order valence-electron chi connectivity index (χ0n) is 11.4. The van der Waals surface area contributed by atoms with Crippen LogP contribution in [0.3, 0.4) is 0 Å². The van der Waals surface area contributed by atoms with Gasteiger partial charge in [-0.15, -0.1) is 0 Å². The van der Waals surface area contributed by atoms with Crippen LogP contribution in [-0.4, -0.2) is 40.8 Å². The minimum absolute atomic E-state index is 0.162. The minimum Gasteiger partial charge on any atom is -0.277 e. The first-order chi connectivity index (χ1) is 9.03. The lowest BCUT2D eigenvalue weighted by Crippen LogP contribution is -2.65. The van der Waals surface area contributed by atoms with Crippen molar-refractivity contribution in [3.8, 4) is 0 Å². The average Bonchev–Trinajstić information content (AvgIpc) is 2.85. The molecule has 1 aliphatic carbocycles. The standard InChI is InChI=1S/C13H20N2O3S/c1-9(5-8-19-2)15-11(17)13(6-3-4-7-13)10(16)14-12(15)18/h9H,3-8H2,1-2H3,(H,14,16,18). The molecule has 5 nitrogen and oxygen atoms in total. The fourth-order valence-corrected chi connectivity index (χ4v) is 3.51. The minimum atomic E-state index is -0.971. The third-order valence-electron chi connectivity index (χ3n) is 4.14. The number of carbonyl (C=O) groups is 3. The van der Waals surface area contributed by atoms with Gasteiger partial charge in [0.25, 0.3) is 0 Å². The smallest absolute Gasteiger partial charge is 0.277 e. The van der Waals surface area contributed by atoms with Gasteiger partial charge in [-0.1, -0.05) is 12.8 Å². The molecule has 1 atom stereocenters. The van der Waals surface area contributed by atoms with Gasteiger partial charge in [0.2, 0.25) is 11.8 Å². The molecule has 0 aromatic carbocycles. The lowest BCUT2D eigenvalue weighted by molar-refractivity contribution is -0.152. The molecule has 2 rings (SSSR count). The van der Waals surface area contributed by atoms with Gasteiger partial charge in [-0.3, -0.25) is 19.8 Å². The molecule has 19 heavy (non-hydrogen) atoms. The molecular formula is C13H20N2O3S. The molecule has 0 aromatic heterocycles. The number of barbiturate groups is 1. The summed E-state index contributed by atoms with van der Waals surface area (Å²) in [5.74, 6) is 0.208. The zero-order valence-corrected chi connectivity index (χ0v) is 12.2. The molecule has 2 aliphatic rings. The van der Waals surface area contributed by atoms with Crippen LogP contribution in [0.25, 0.3) is 0 Å². The van der Waals surface area contributed by atoms with Crippen molar-refractivity contribution in [3.63, 3.8) is 0 Å². The lowest BCUT2D eigenvalue weighted by atomic mass is 9.81. The Hall–Kier alpha value is -1.04. The molecule has 106 valence electrons. The molecule has 1 spiro atoms. The fraction of sp³-hybridized carbons (Fsp3) is 0.769.